The summed E-state index contributed by atoms with van der Waals surface area (Å²) >= 11 is 0. The standard InChI is InChI=1S/C21H29N3O3S.HI/c1-4-22-21(23-15-16-28(25,26)20-9-7-6-8-10-20)24(3)17-18-11-13-19(14-12-18)27-5-2;/h6-14H,4-5,15-17H2,1-3H3,(H,22,23);1H. The number of sulfone groups is 1. The number of nitrogens with zero attached hydrogens (tertiary/aromatic N) is 2. The van der Waals surface area contributed by atoms with E-state index in [1.807, 2.05) is 50.1 Å². The molecule has 0 aliphatic heterocycles. The molecule has 2 rings (SSSR count). The third-order valence-corrected chi connectivity index (χ3v) is 5.78. The molecule has 6 nitrogen and oxygen atoms in total. The van der Waals surface area contributed by atoms with Gasteiger partial charge in [-0.15, -0.1) is 24.0 Å². The number of halogens is 1. The second kappa shape index (κ2) is 12.7. The molecule has 29 heavy (non-hydrogen) atoms. The van der Waals surface area contributed by atoms with E-state index in [4.69, 9.17) is 4.74 Å². The van der Waals surface area contributed by atoms with E-state index < -0.39 is 9.84 Å². The molecule has 2 aromatic carbocycles. The van der Waals surface area contributed by atoms with Gasteiger partial charge in [-0.3, -0.25) is 4.99 Å². The maximum Gasteiger partial charge on any atom is 0.193 e. The molecule has 0 aromatic heterocycles. The number of rotatable bonds is 9. The van der Waals surface area contributed by atoms with Crippen LogP contribution >= 0.6 is 24.0 Å². The van der Waals surface area contributed by atoms with Crippen molar-refractivity contribution in [3.63, 3.8) is 0 Å². The maximum absolute atomic E-state index is 12.4. The van der Waals surface area contributed by atoms with Crippen LogP contribution in [0.25, 0.3) is 0 Å². The summed E-state index contributed by atoms with van der Waals surface area (Å²) in [6.45, 7) is 6.15. The molecule has 0 amide bonds. The van der Waals surface area contributed by atoms with E-state index >= 15 is 0 Å². The smallest absolute Gasteiger partial charge is 0.193 e. The monoisotopic (exact) mass is 531 g/mol. The lowest BCUT2D eigenvalue weighted by Gasteiger charge is -2.22. The fraction of sp³-hybridized carbons (Fsp3) is 0.381. The van der Waals surface area contributed by atoms with Crippen LogP contribution in [0.2, 0.25) is 0 Å². The van der Waals surface area contributed by atoms with Gasteiger partial charge >= 0.3 is 0 Å². The SMILES string of the molecule is CCNC(=NCCS(=O)(=O)c1ccccc1)N(C)Cc1ccc(OCC)cc1.I. The number of benzene rings is 2. The summed E-state index contributed by atoms with van der Waals surface area (Å²) in [5.41, 5.74) is 1.12. The summed E-state index contributed by atoms with van der Waals surface area (Å²) in [7, 11) is -1.40. The largest absolute Gasteiger partial charge is 0.494 e. The highest BCUT2D eigenvalue weighted by molar-refractivity contribution is 14.0. The number of aliphatic imine (C=N–C) groups is 1. The van der Waals surface area contributed by atoms with E-state index in [0.29, 0.717) is 30.6 Å². The Morgan fingerprint density at radius 2 is 1.72 bits per heavy atom. The zero-order valence-electron chi connectivity index (χ0n) is 17.2. The highest BCUT2D eigenvalue weighted by Gasteiger charge is 2.14. The fourth-order valence-corrected chi connectivity index (χ4v) is 3.83. The Labute approximate surface area is 191 Å². The highest BCUT2D eigenvalue weighted by atomic mass is 127. The third-order valence-electron chi connectivity index (χ3n) is 4.07. The summed E-state index contributed by atoms with van der Waals surface area (Å²) in [5, 5.41) is 3.22. The van der Waals surface area contributed by atoms with Gasteiger partial charge in [0, 0.05) is 20.1 Å². The molecular formula is C21H30IN3O3S. The van der Waals surface area contributed by atoms with Crippen LogP contribution in [0.3, 0.4) is 0 Å². The van der Waals surface area contributed by atoms with Crippen molar-refractivity contribution in [3.8, 4) is 5.75 Å². The molecular weight excluding hydrogens is 501 g/mol. The highest BCUT2D eigenvalue weighted by Crippen LogP contribution is 2.13. The van der Waals surface area contributed by atoms with E-state index in [2.05, 4.69) is 10.3 Å². The molecule has 0 heterocycles. The van der Waals surface area contributed by atoms with Crippen LogP contribution in [0.5, 0.6) is 5.75 Å². The predicted molar refractivity (Wildman–Crippen MR) is 129 cm³/mol. The van der Waals surface area contributed by atoms with Crippen LogP contribution in [0.1, 0.15) is 19.4 Å². The first-order valence-electron chi connectivity index (χ1n) is 9.45. The Morgan fingerprint density at radius 3 is 2.31 bits per heavy atom. The molecule has 0 saturated heterocycles. The van der Waals surface area contributed by atoms with Gasteiger partial charge in [0.15, 0.2) is 15.8 Å². The molecule has 0 saturated carbocycles. The van der Waals surface area contributed by atoms with Crippen molar-refractivity contribution in [1.29, 1.82) is 0 Å². The number of hydrogen-bond donors (Lipinski definition) is 1. The molecule has 0 unspecified atom stereocenters. The topological polar surface area (TPSA) is 71.0 Å². The minimum atomic E-state index is -3.33. The molecule has 1 N–H and O–H groups in total. The predicted octanol–water partition coefficient (Wildman–Crippen LogP) is 3.57. The lowest BCUT2D eigenvalue weighted by Crippen LogP contribution is -2.38. The van der Waals surface area contributed by atoms with Gasteiger partial charge in [0.25, 0.3) is 0 Å². The first-order valence-corrected chi connectivity index (χ1v) is 11.1. The normalized spacial score (nSPS) is 11.5. The zero-order chi connectivity index (χ0) is 20.4. The van der Waals surface area contributed by atoms with Crippen molar-refractivity contribution < 1.29 is 13.2 Å². The van der Waals surface area contributed by atoms with Gasteiger partial charge in [0.1, 0.15) is 5.75 Å². The van der Waals surface area contributed by atoms with Crippen molar-refractivity contribution >= 4 is 39.8 Å². The van der Waals surface area contributed by atoms with Crippen LogP contribution in [0.15, 0.2) is 64.5 Å². The van der Waals surface area contributed by atoms with E-state index in [-0.39, 0.29) is 36.3 Å². The lowest BCUT2D eigenvalue weighted by molar-refractivity contribution is 0.340. The van der Waals surface area contributed by atoms with E-state index in [1.165, 1.54) is 0 Å². The summed E-state index contributed by atoms with van der Waals surface area (Å²) in [4.78, 5) is 6.81. The lowest BCUT2D eigenvalue weighted by atomic mass is 10.2. The first-order chi connectivity index (χ1) is 13.5. The van der Waals surface area contributed by atoms with Crippen molar-refractivity contribution in [2.24, 2.45) is 4.99 Å². The van der Waals surface area contributed by atoms with Gasteiger partial charge in [-0.2, -0.15) is 0 Å². The first kappa shape index (κ1) is 25.2. The van der Waals surface area contributed by atoms with Crippen molar-refractivity contribution in [1.82, 2.24) is 10.2 Å². The minimum absolute atomic E-state index is 0. The Morgan fingerprint density at radius 1 is 1.07 bits per heavy atom. The van der Waals surface area contributed by atoms with E-state index in [0.717, 1.165) is 11.3 Å². The van der Waals surface area contributed by atoms with Gasteiger partial charge in [-0.25, -0.2) is 8.42 Å². The van der Waals surface area contributed by atoms with Crippen molar-refractivity contribution in [2.75, 3.05) is 32.5 Å². The Balaban J connectivity index is 0.00000420. The number of hydrogen-bond acceptors (Lipinski definition) is 4. The molecule has 0 atom stereocenters. The van der Waals surface area contributed by atoms with Crippen LogP contribution in [-0.2, 0) is 16.4 Å². The van der Waals surface area contributed by atoms with Crippen LogP contribution < -0.4 is 10.1 Å². The Kier molecular flexibility index (Phi) is 11.0. The molecule has 0 bridgehead atoms. The van der Waals surface area contributed by atoms with Crippen molar-refractivity contribution in [3.05, 3.63) is 60.2 Å². The molecule has 0 aliphatic rings. The summed E-state index contributed by atoms with van der Waals surface area (Å²) < 4.78 is 30.3. The van der Waals surface area contributed by atoms with Gasteiger partial charge in [0.2, 0.25) is 0 Å². The number of ether oxygens (including phenoxy) is 1. The van der Waals surface area contributed by atoms with E-state index in [1.54, 1.807) is 30.3 Å². The molecule has 0 spiro atoms. The molecule has 160 valence electrons. The second-order valence-corrected chi connectivity index (χ2v) is 8.41. The molecule has 0 fully saturated rings. The summed E-state index contributed by atoms with van der Waals surface area (Å²) in [5.74, 6) is 1.50. The quantitative estimate of drug-likeness (QED) is 0.305. The number of nitrogens with one attached hydrogen (secondary N) is 1. The third kappa shape index (κ3) is 8.22. The fourth-order valence-electron chi connectivity index (χ4n) is 2.69. The zero-order valence-corrected chi connectivity index (χ0v) is 20.3. The van der Waals surface area contributed by atoms with Crippen LogP contribution in [0, 0.1) is 0 Å². The second-order valence-electron chi connectivity index (χ2n) is 6.30. The Hall–Kier alpha value is -1.81. The molecule has 8 heteroatoms. The van der Waals surface area contributed by atoms with Crippen LogP contribution in [0.4, 0.5) is 0 Å². The average molecular weight is 531 g/mol. The van der Waals surface area contributed by atoms with Crippen molar-refractivity contribution in [2.45, 2.75) is 25.3 Å². The maximum atomic E-state index is 12.4. The van der Waals surface area contributed by atoms with Crippen LogP contribution in [-0.4, -0.2) is 51.8 Å². The molecule has 0 radical (unpaired) electrons. The molecule has 0 aliphatic carbocycles. The average Bonchev–Trinajstić information content (AvgIpc) is 2.69. The summed E-state index contributed by atoms with van der Waals surface area (Å²) in [6.07, 6.45) is 0. The number of guanidine groups is 1. The Bertz CT molecular complexity index is 856. The minimum Gasteiger partial charge on any atom is -0.494 e. The van der Waals surface area contributed by atoms with Gasteiger partial charge in [-0.1, -0.05) is 30.3 Å². The van der Waals surface area contributed by atoms with Gasteiger partial charge in [-0.05, 0) is 43.7 Å². The van der Waals surface area contributed by atoms with Gasteiger partial charge < -0.3 is 15.0 Å². The van der Waals surface area contributed by atoms with E-state index in [9.17, 15) is 8.42 Å². The summed E-state index contributed by atoms with van der Waals surface area (Å²) in [6, 6.07) is 16.4. The molecule has 2 aromatic rings. The van der Waals surface area contributed by atoms with Gasteiger partial charge in [0.05, 0.1) is 23.8 Å².